The van der Waals surface area contributed by atoms with Crippen LogP contribution in [0.25, 0.3) is 0 Å². The highest BCUT2D eigenvalue weighted by Crippen LogP contribution is 2.42. The predicted molar refractivity (Wildman–Crippen MR) is 56.2 cm³/mol. The Labute approximate surface area is 86.6 Å². The lowest BCUT2D eigenvalue weighted by Gasteiger charge is -2.43. The standard InChI is InChI=1S/C12H22O2/c1-12(6-3-2-4-7-12)11-9-10(13)5-8-14-11/h10-11,13H,2-9H2,1H3. The van der Waals surface area contributed by atoms with E-state index in [4.69, 9.17) is 4.74 Å². The van der Waals surface area contributed by atoms with Crippen LogP contribution in [0, 0.1) is 5.41 Å². The SMILES string of the molecule is CC1(C2CC(O)CCO2)CCCCC1. The van der Waals surface area contributed by atoms with Crippen LogP contribution in [0.4, 0.5) is 0 Å². The summed E-state index contributed by atoms with van der Waals surface area (Å²) in [5, 5.41) is 9.64. The van der Waals surface area contributed by atoms with E-state index in [0.29, 0.717) is 11.5 Å². The van der Waals surface area contributed by atoms with Gasteiger partial charge in [-0.25, -0.2) is 0 Å². The summed E-state index contributed by atoms with van der Waals surface area (Å²) in [4.78, 5) is 0. The molecule has 2 unspecified atom stereocenters. The van der Waals surface area contributed by atoms with Crippen molar-refractivity contribution in [3.63, 3.8) is 0 Å². The first-order valence-electron chi connectivity index (χ1n) is 6.00. The molecule has 1 saturated carbocycles. The molecule has 0 spiro atoms. The molecule has 1 heterocycles. The molecule has 0 radical (unpaired) electrons. The van der Waals surface area contributed by atoms with E-state index in [9.17, 15) is 5.11 Å². The maximum atomic E-state index is 9.64. The normalized spacial score (nSPS) is 38.1. The molecule has 0 amide bonds. The average molecular weight is 198 g/mol. The Morgan fingerprint density at radius 1 is 1.21 bits per heavy atom. The van der Waals surface area contributed by atoms with E-state index < -0.39 is 0 Å². The summed E-state index contributed by atoms with van der Waals surface area (Å²) < 4.78 is 5.83. The van der Waals surface area contributed by atoms with E-state index in [0.717, 1.165) is 19.4 Å². The van der Waals surface area contributed by atoms with E-state index in [2.05, 4.69) is 6.92 Å². The minimum Gasteiger partial charge on any atom is -0.393 e. The van der Waals surface area contributed by atoms with Gasteiger partial charge in [0.2, 0.25) is 0 Å². The molecular formula is C12H22O2. The van der Waals surface area contributed by atoms with Crippen LogP contribution in [0.3, 0.4) is 0 Å². The second kappa shape index (κ2) is 4.19. The molecule has 0 aromatic carbocycles. The summed E-state index contributed by atoms with van der Waals surface area (Å²) in [6, 6.07) is 0. The number of rotatable bonds is 1. The van der Waals surface area contributed by atoms with Crippen LogP contribution < -0.4 is 0 Å². The van der Waals surface area contributed by atoms with Gasteiger partial charge in [-0.15, -0.1) is 0 Å². The summed E-state index contributed by atoms with van der Waals surface area (Å²) >= 11 is 0. The van der Waals surface area contributed by atoms with Gasteiger partial charge in [-0.05, 0) is 24.7 Å². The maximum Gasteiger partial charge on any atom is 0.0653 e. The van der Waals surface area contributed by atoms with Gasteiger partial charge in [-0.3, -0.25) is 0 Å². The fraction of sp³-hybridized carbons (Fsp3) is 1.00. The van der Waals surface area contributed by atoms with Gasteiger partial charge in [0, 0.05) is 13.0 Å². The van der Waals surface area contributed by atoms with Gasteiger partial charge in [0.25, 0.3) is 0 Å². The molecule has 2 aliphatic rings. The third-order valence-electron chi connectivity index (χ3n) is 4.03. The summed E-state index contributed by atoms with van der Waals surface area (Å²) in [5.41, 5.74) is 0.347. The van der Waals surface area contributed by atoms with Gasteiger partial charge >= 0.3 is 0 Å². The van der Waals surface area contributed by atoms with Crippen molar-refractivity contribution in [2.75, 3.05) is 6.61 Å². The minimum atomic E-state index is -0.118. The van der Waals surface area contributed by atoms with E-state index in [1.165, 1.54) is 32.1 Å². The molecule has 0 aromatic rings. The zero-order valence-corrected chi connectivity index (χ0v) is 9.17. The number of hydrogen-bond acceptors (Lipinski definition) is 2. The maximum absolute atomic E-state index is 9.64. The Kier molecular flexibility index (Phi) is 3.13. The Bertz CT molecular complexity index is 185. The number of hydrogen-bond donors (Lipinski definition) is 1. The van der Waals surface area contributed by atoms with Gasteiger partial charge < -0.3 is 9.84 Å². The van der Waals surface area contributed by atoms with E-state index >= 15 is 0 Å². The topological polar surface area (TPSA) is 29.5 Å². The molecule has 14 heavy (non-hydrogen) atoms. The highest BCUT2D eigenvalue weighted by molar-refractivity contribution is 4.89. The van der Waals surface area contributed by atoms with Crippen molar-refractivity contribution in [2.24, 2.45) is 5.41 Å². The fourth-order valence-electron chi connectivity index (χ4n) is 2.95. The van der Waals surface area contributed by atoms with Crippen LogP contribution >= 0.6 is 0 Å². The second-order valence-corrected chi connectivity index (χ2v) is 5.25. The molecule has 1 N–H and O–H groups in total. The van der Waals surface area contributed by atoms with Crippen LogP contribution in [0.1, 0.15) is 51.9 Å². The Hall–Kier alpha value is -0.0800. The van der Waals surface area contributed by atoms with E-state index in [1.54, 1.807) is 0 Å². The van der Waals surface area contributed by atoms with Crippen LogP contribution in [-0.2, 0) is 4.74 Å². The molecule has 0 bridgehead atoms. The molecule has 0 aromatic heterocycles. The molecule has 2 nitrogen and oxygen atoms in total. The third-order valence-corrected chi connectivity index (χ3v) is 4.03. The average Bonchev–Trinajstić information content (AvgIpc) is 2.19. The van der Waals surface area contributed by atoms with Crippen LogP contribution in [0.5, 0.6) is 0 Å². The summed E-state index contributed by atoms with van der Waals surface area (Å²) in [6.45, 7) is 3.09. The predicted octanol–water partition coefficient (Wildman–Crippen LogP) is 2.50. The molecule has 1 saturated heterocycles. The van der Waals surface area contributed by atoms with Gasteiger partial charge in [-0.2, -0.15) is 0 Å². The minimum absolute atomic E-state index is 0.118. The lowest BCUT2D eigenvalue weighted by atomic mass is 9.70. The van der Waals surface area contributed by atoms with Crippen molar-refractivity contribution in [3.8, 4) is 0 Å². The highest BCUT2D eigenvalue weighted by Gasteiger charge is 2.38. The largest absolute Gasteiger partial charge is 0.393 e. The molecule has 2 fully saturated rings. The van der Waals surface area contributed by atoms with Gasteiger partial charge in [-0.1, -0.05) is 26.2 Å². The fourth-order valence-corrected chi connectivity index (χ4v) is 2.95. The first-order valence-corrected chi connectivity index (χ1v) is 6.00. The molecular weight excluding hydrogens is 176 g/mol. The van der Waals surface area contributed by atoms with Crippen molar-refractivity contribution in [1.29, 1.82) is 0 Å². The quantitative estimate of drug-likeness (QED) is 0.701. The van der Waals surface area contributed by atoms with Crippen molar-refractivity contribution in [1.82, 2.24) is 0 Å². The molecule has 2 atom stereocenters. The van der Waals surface area contributed by atoms with E-state index in [-0.39, 0.29) is 6.10 Å². The van der Waals surface area contributed by atoms with Crippen molar-refractivity contribution in [2.45, 2.75) is 64.1 Å². The monoisotopic (exact) mass is 198 g/mol. The first kappa shape index (κ1) is 10.4. The summed E-state index contributed by atoms with van der Waals surface area (Å²) in [5.74, 6) is 0. The number of aliphatic hydroxyl groups is 1. The summed E-state index contributed by atoms with van der Waals surface area (Å²) in [7, 11) is 0. The highest BCUT2D eigenvalue weighted by atomic mass is 16.5. The Morgan fingerprint density at radius 2 is 1.93 bits per heavy atom. The Morgan fingerprint density at radius 3 is 2.57 bits per heavy atom. The van der Waals surface area contributed by atoms with Crippen molar-refractivity contribution >= 4 is 0 Å². The smallest absolute Gasteiger partial charge is 0.0653 e. The lowest BCUT2D eigenvalue weighted by Crippen LogP contribution is -2.42. The van der Waals surface area contributed by atoms with Gasteiger partial charge in [0.15, 0.2) is 0 Å². The van der Waals surface area contributed by atoms with Crippen LogP contribution in [0.15, 0.2) is 0 Å². The zero-order chi connectivity index (χ0) is 10.0. The van der Waals surface area contributed by atoms with Crippen LogP contribution in [0.2, 0.25) is 0 Å². The lowest BCUT2D eigenvalue weighted by molar-refractivity contribution is -0.110. The molecule has 1 aliphatic carbocycles. The molecule has 2 heteroatoms. The number of ether oxygens (including phenoxy) is 1. The van der Waals surface area contributed by atoms with Crippen LogP contribution in [-0.4, -0.2) is 23.9 Å². The summed E-state index contributed by atoms with van der Waals surface area (Å²) in [6.07, 6.45) is 8.50. The first-order chi connectivity index (χ1) is 6.71. The van der Waals surface area contributed by atoms with Crippen molar-refractivity contribution < 1.29 is 9.84 Å². The Balaban J connectivity index is 1.97. The van der Waals surface area contributed by atoms with Crippen molar-refractivity contribution in [3.05, 3.63) is 0 Å². The zero-order valence-electron chi connectivity index (χ0n) is 9.17. The van der Waals surface area contributed by atoms with E-state index in [1.807, 2.05) is 0 Å². The molecule has 82 valence electrons. The molecule has 2 rings (SSSR count). The molecule has 1 aliphatic heterocycles. The number of aliphatic hydroxyl groups excluding tert-OH is 1. The third kappa shape index (κ3) is 2.12. The van der Waals surface area contributed by atoms with Gasteiger partial charge in [0.1, 0.15) is 0 Å². The van der Waals surface area contributed by atoms with Gasteiger partial charge in [0.05, 0.1) is 12.2 Å². The second-order valence-electron chi connectivity index (χ2n) is 5.25.